The standard InChI is InChI=1S/C14H19NO3/c1-15-9-14(5-6-14)10-7-11(16-2)13(18-4)12(8-10)17-3/h7-9H,5-6H2,1-4H3/b15-9+. The maximum atomic E-state index is 5.37. The van der Waals surface area contributed by atoms with Gasteiger partial charge in [-0.1, -0.05) is 0 Å². The lowest BCUT2D eigenvalue weighted by molar-refractivity contribution is 0.323. The molecule has 0 spiro atoms. The van der Waals surface area contributed by atoms with E-state index in [0.29, 0.717) is 17.2 Å². The SMILES string of the molecule is C/N=C/C1(c2cc(OC)c(OC)c(OC)c2)CC1. The van der Waals surface area contributed by atoms with Crippen molar-refractivity contribution < 1.29 is 14.2 Å². The Labute approximate surface area is 108 Å². The minimum absolute atomic E-state index is 0.0571. The highest BCUT2D eigenvalue weighted by Gasteiger charge is 2.43. The third-order valence-corrected chi connectivity index (χ3v) is 3.40. The molecule has 1 saturated carbocycles. The zero-order chi connectivity index (χ0) is 13.2. The van der Waals surface area contributed by atoms with Gasteiger partial charge < -0.3 is 14.2 Å². The van der Waals surface area contributed by atoms with Gasteiger partial charge in [0.2, 0.25) is 5.75 Å². The zero-order valence-corrected chi connectivity index (χ0v) is 11.3. The first-order valence-corrected chi connectivity index (χ1v) is 5.94. The molecule has 98 valence electrons. The number of ether oxygens (including phenoxy) is 3. The number of aliphatic imine (C=N–C) groups is 1. The van der Waals surface area contributed by atoms with Gasteiger partial charge in [0.1, 0.15) is 0 Å². The van der Waals surface area contributed by atoms with E-state index >= 15 is 0 Å². The topological polar surface area (TPSA) is 40.0 Å². The van der Waals surface area contributed by atoms with Gasteiger partial charge in [-0.05, 0) is 30.5 Å². The van der Waals surface area contributed by atoms with Gasteiger partial charge >= 0.3 is 0 Å². The Morgan fingerprint density at radius 3 is 1.94 bits per heavy atom. The van der Waals surface area contributed by atoms with Gasteiger partial charge in [0, 0.05) is 18.7 Å². The summed E-state index contributed by atoms with van der Waals surface area (Å²) in [4.78, 5) is 4.16. The summed E-state index contributed by atoms with van der Waals surface area (Å²) in [7, 11) is 6.68. The molecular weight excluding hydrogens is 230 g/mol. The number of rotatable bonds is 5. The molecule has 1 aromatic rings. The minimum atomic E-state index is 0.0571. The molecule has 0 heterocycles. The van der Waals surface area contributed by atoms with Crippen molar-refractivity contribution >= 4 is 6.21 Å². The van der Waals surface area contributed by atoms with E-state index in [1.807, 2.05) is 18.3 Å². The third kappa shape index (κ3) is 2.03. The number of nitrogens with zero attached hydrogens (tertiary/aromatic N) is 1. The van der Waals surface area contributed by atoms with Gasteiger partial charge in [-0.15, -0.1) is 0 Å². The Hall–Kier alpha value is -1.71. The van der Waals surface area contributed by atoms with Crippen LogP contribution in [0.1, 0.15) is 18.4 Å². The van der Waals surface area contributed by atoms with Gasteiger partial charge in [-0.2, -0.15) is 0 Å². The smallest absolute Gasteiger partial charge is 0.203 e. The zero-order valence-electron chi connectivity index (χ0n) is 11.3. The molecule has 0 amide bonds. The first-order chi connectivity index (χ1) is 8.70. The van der Waals surface area contributed by atoms with Crippen molar-refractivity contribution in [3.8, 4) is 17.2 Å². The molecule has 0 saturated heterocycles. The Morgan fingerprint density at radius 2 is 1.61 bits per heavy atom. The minimum Gasteiger partial charge on any atom is -0.493 e. The number of methoxy groups -OCH3 is 3. The predicted octanol–water partition coefficient (Wildman–Crippen LogP) is 2.44. The average molecular weight is 249 g/mol. The van der Waals surface area contributed by atoms with Crippen LogP contribution in [0.15, 0.2) is 17.1 Å². The fraction of sp³-hybridized carbons (Fsp3) is 0.500. The monoisotopic (exact) mass is 249 g/mol. The summed E-state index contributed by atoms with van der Waals surface area (Å²) in [5.74, 6) is 2.03. The normalized spacial score (nSPS) is 16.7. The second kappa shape index (κ2) is 4.88. The van der Waals surface area contributed by atoms with Crippen LogP contribution in [0.5, 0.6) is 17.2 Å². The van der Waals surface area contributed by atoms with Crippen molar-refractivity contribution in [2.45, 2.75) is 18.3 Å². The molecular formula is C14H19NO3. The summed E-state index contributed by atoms with van der Waals surface area (Å²) >= 11 is 0. The fourth-order valence-electron chi connectivity index (χ4n) is 2.24. The molecule has 1 aliphatic rings. The van der Waals surface area contributed by atoms with Crippen molar-refractivity contribution in [2.75, 3.05) is 28.4 Å². The second-order valence-corrected chi connectivity index (χ2v) is 4.46. The molecule has 1 aromatic carbocycles. The summed E-state index contributed by atoms with van der Waals surface area (Å²) in [6.07, 6.45) is 4.24. The van der Waals surface area contributed by atoms with Crippen LogP contribution in [-0.2, 0) is 5.41 Å². The molecule has 2 rings (SSSR count). The predicted molar refractivity (Wildman–Crippen MR) is 71.4 cm³/mol. The molecule has 0 aromatic heterocycles. The lowest BCUT2D eigenvalue weighted by Gasteiger charge is -2.17. The van der Waals surface area contributed by atoms with E-state index < -0.39 is 0 Å². The maximum Gasteiger partial charge on any atom is 0.203 e. The van der Waals surface area contributed by atoms with Crippen LogP contribution < -0.4 is 14.2 Å². The fourth-order valence-corrected chi connectivity index (χ4v) is 2.24. The molecule has 18 heavy (non-hydrogen) atoms. The van der Waals surface area contributed by atoms with Crippen molar-refractivity contribution in [2.24, 2.45) is 4.99 Å². The molecule has 0 N–H and O–H groups in total. The van der Waals surface area contributed by atoms with E-state index in [0.717, 1.165) is 12.8 Å². The van der Waals surface area contributed by atoms with E-state index in [2.05, 4.69) is 4.99 Å². The third-order valence-electron chi connectivity index (χ3n) is 3.40. The maximum absolute atomic E-state index is 5.37. The lowest BCUT2D eigenvalue weighted by Crippen LogP contribution is -2.09. The number of hydrogen-bond donors (Lipinski definition) is 0. The number of hydrogen-bond acceptors (Lipinski definition) is 4. The summed E-state index contributed by atoms with van der Waals surface area (Å²) in [5.41, 5.74) is 1.23. The van der Waals surface area contributed by atoms with Crippen LogP contribution in [-0.4, -0.2) is 34.6 Å². The summed E-state index contributed by atoms with van der Waals surface area (Å²) in [6.45, 7) is 0. The highest BCUT2D eigenvalue weighted by Crippen LogP contribution is 2.50. The van der Waals surface area contributed by atoms with Crippen LogP contribution in [0.25, 0.3) is 0 Å². The van der Waals surface area contributed by atoms with Gasteiger partial charge in [-0.3, -0.25) is 4.99 Å². The molecule has 1 aliphatic carbocycles. The summed E-state index contributed by atoms with van der Waals surface area (Å²) < 4.78 is 16.1. The molecule has 4 heteroatoms. The molecule has 4 nitrogen and oxygen atoms in total. The van der Waals surface area contributed by atoms with Crippen molar-refractivity contribution in [1.29, 1.82) is 0 Å². The molecule has 1 fully saturated rings. The Kier molecular flexibility index (Phi) is 3.45. The largest absolute Gasteiger partial charge is 0.493 e. The van der Waals surface area contributed by atoms with Crippen LogP contribution in [0, 0.1) is 0 Å². The molecule has 0 radical (unpaired) electrons. The van der Waals surface area contributed by atoms with E-state index in [-0.39, 0.29) is 5.41 Å². The van der Waals surface area contributed by atoms with Crippen LogP contribution in [0.4, 0.5) is 0 Å². The molecule has 0 atom stereocenters. The molecule has 0 unspecified atom stereocenters. The quantitative estimate of drug-likeness (QED) is 0.752. The van der Waals surface area contributed by atoms with Gasteiger partial charge in [0.25, 0.3) is 0 Å². The van der Waals surface area contributed by atoms with Crippen LogP contribution in [0.3, 0.4) is 0 Å². The first-order valence-electron chi connectivity index (χ1n) is 5.94. The summed E-state index contributed by atoms with van der Waals surface area (Å²) in [6, 6.07) is 4.02. The van der Waals surface area contributed by atoms with Gasteiger partial charge in [0.05, 0.1) is 21.3 Å². The van der Waals surface area contributed by atoms with Crippen LogP contribution in [0.2, 0.25) is 0 Å². The Bertz CT molecular complexity index is 439. The van der Waals surface area contributed by atoms with E-state index in [1.165, 1.54) is 5.56 Å². The van der Waals surface area contributed by atoms with Gasteiger partial charge in [-0.25, -0.2) is 0 Å². The van der Waals surface area contributed by atoms with E-state index in [1.54, 1.807) is 28.4 Å². The Morgan fingerprint density at radius 1 is 1.06 bits per heavy atom. The molecule has 0 aliphatic heterocycles. The van der Waals surface area contributed by atoms with Gasteiger partial charge in [0.15, 0.2) is 11.5 Å². The van der Waals surface area contributed by atoms with Crippen molar-refractivity contribution in [1.82, 2.24) is 0 Å². The second-order valence-electron chi connectivity index (χ2n) is 4.46. The Balaban J connectivity index is 2.50. The first kappa shape index (κ1) is 12.7. The van der Waals surface area contributed by atoms with E-state index in [4.69, 9.17) is 14.2 Å². The highest BCUT2D eigenvalue weighted by atomic mass is 16.5. The molecule has 0 bridgehead atoms. The van der Waals surface area contributed by atoms with Crippen molar-refractivity contribution in [3.05, 3.63) is 17.7 Å². The highest BCUT2D eigenvalue weighted by molar-refractivity contribution is 5.78. The lowest BCUT2D eigenvalue weighted by atomic mass is 9.96. The van der Waals surface area contributed by atoms with Crippen molar-refractivity contribution in [3.63, 3.8) is 0 Å². The average Bonchev–Trinajstić information content (AvgIpc) is 3.18. The summed E-state index contributed by atoms with van der Waals surface area (Å²) in [5, 5.41) is 0. The van der Waals surface area contributed by atoms with E-state index in [9.17, 15) is 0 Å². The van der Waals surface area contributed by atoms with Crippen LogP contribution >= 0.6 is 0 Å². The number of benzene rings is 1.